The summed E-state index contributed by atoms with van der Waals surface area (Å²) in [6.45, 7) is 0. The van der Waals surface area contributed by atoms with E-state index in [9.17, 15) is 13.6 Å². The second-order valence-corrected chi connectivity index (χ2v) is 3.82. The fourth-order valence-corrected chi connectivity index (χ4v) is 1.77. The summed E-state index contributed by atoms with van der Waals surface area (Å²) >= 11 is 0. The molecule has 0 saturated carbocycles. The van der Waals surface area contributed by atoms with Crippen molar-refractivity contribution in [3.8, 4) is 16.9 Å². The Morgan fingerprint density at radius 2 is 1.89 bits per heavy atom. The van der Waals surface area contributed by atoms with Crippen LogP contribution in [0.1, 0.15) is 10.4 Å². The number of carboxylic acids is 1. The van der Waals surface area contributed by atoms with Gasteiger partial charge in [0.2, 0.25) is 0 Å². The lowest BCUT2D eigenvalue weighted by atomic mass is 9.99. The van der Waals surface area contributed by atoms with E-state index in [1.54, 1.807) is 0 Å². The maximum Gasteiger partial charge on any atom is 0.336 e. The van der Waals surface area contributed by atoms with E-state index in [2.05, 4.69) is 0 Å². The zero-order valence-electron chi connectivity index (χ0n) is 9.98. The summed E-state index contributed by atoms with van der Waals surface area (Å²) in [6, 6.07) is 7.77. The van der Waals surface area contributed by atoms with Gasteiger partial charge in [0.25, 0.3) is 0 Å². The fourth-order valence-electron chi connectivity index (χ4n) is 1.77. The van der Waals surface area contributed by atoms with Crippen LogP contribution in [0, 0.1) is 11.6 Å². The van der Waals surface area contributed by atoms with E-state index in [1.165, 1.54) is 37.4 Å². The summed E-state index contributed by atoms with van der Waals surface area (Å²) in [4.78, 5) is 11.2. The predicted molar refractivity (Wildman–Crippen MR) is 65.3 cm³/mol. The topological polar surface area (TPSA) is 46.5 Å². The average Bonchev–Trinajstić information content (AvgIpc) is 2.41. The van der Waals surface area contributed by atoms with E-state index in [4.69, 9.17) is 9.84 Å². The first kappa shape index (κ1) is 13.0. The summed E-state index contributed by atoms with van der Waals surface area (Å²) in [5, 5.41) is 9.14. The summed E-state index contributed by atoms with van der Waals surface area (Å²) < 4.78 is 31.8. The molecule has 0 saturated heterocycles. The van der Waals surface area contributed by atoms with Crippen LogP contribution in [0.2, 0.25) is 0 Å². The van der Waals surface area contributed by atoms with Crippen molar-refractivity contribution in [1.29, 1.82) is 0 Å². The molecular weight excluding hydrogens is 254 g/mol. The third-order valence-corrected chi connectivity index (χ3v) is 2.70. The third-order valence-electron chi connectivity index (χ3n) is 2.70. The smallest absolute Gasteiger partial charge is 0.336 e. The highest BCUT2D eigenvalue weighted by Gasteiger charge is 2.17. The zero-order chi connectivity index (χ0) is 14.0. The Kier molecular flexibility index (Phi) is 3.46. The zero-order valence-corrected chi connectivity index (χ0v) is 9.98. The lowest BCUT2D eigenvalue weighted by molar-refractivity contribution is 0.0697. The SMILES string of the molecule is COc1ccc(-c2cccc(F)c2F)c(C(=O)O)c1. The normalized spacial score (nSPS) is 10.3. The Balaban J connectivity index is 2.68. The second-order valence-electron chi connectivity index (χ2n) is 3.82. The van der Waals surface area contributed by atoms with Crippen LogP contribution in [0.25, 0.3) is 11.1 Å². The van der Waals surface area contributed by atoms with Crippen LogP contribution in [0.4, 0.5) is 8.78 Å². The lowest BCUT2D eigenvalue weighted by Crippen LogP contribution is -2.02. The van der Waals surface area contributed by atoms with Gasteiger partial charge in [0.15, 0.2) is 11.6 Å². The predicted octanol–water partition coefficient (Wildman–Crippen LogP) is 3.34. The summed E-state index contributed by atoms with van der Waals surface area (Å²) in [5.74, 6) is -3.00. The molecule has 0 bridgehead atoms. The van der Waals surface area contributed by atoms with E-state index >= 15 is 0 Å². The Labute approximate surface area is 108 Å². The standard InChI is InChI=1S/C14H10F2O3/c1-19-8-5-6-9(11(7-8)14(17)18)10-3-2-4-12(15)13(10)16/h2-7H,1H3,(H,17,18). The number of methoxy groups -OCH3 is 1. The first-order valence-corrected chi connectivity index (χ1v) is 5.40. The molecule has 0 aliphatic carbocycles. The summed E-state index contributed by atoms with van der Waals surface area (Å²) in [7, 11) is 1.39. The van der Waals surface area contributed by atoms with Crippen molar-refractivity contribution in [1.82, 2.24) is 0 Å². The molecule has 0 aliphatic rings. The fraction of sp³-hybridized carbons (Fsp3) is 0.0714. The van der Waals surface area contributed by atoms with E-state index in [0.717, 1.165) is 6.07 Å². The molecule has 2 aromatic rings. The number of rotatable bonds is 3. The van der Waals surface area contributed by atoms with Crippen molar-refractivity contribution < 1.29 is 23.4 Å². The first-order chi connectivity index (χ1) is 9.04. The Hall–Kier alpha value is -2.43. The molecule has 0 amide bonds. The monoisotopic (exact) mass is 264 g/mol. The maximum atomic E-state index is 13.7. The largest absolute Gasteiger partial charge is 0.497 e. The van der Waals surface area contributed by atoms with Gasteiger partial charge in [-0.25, -0.2) is 13.6 Å². The van der Waals surface area contributed by atoms with Gasteiger partial charge >= 0.3 is 5.97 Å². The van der Waals surface area contributed by atoms with Crippen molar-refractivity contribution in [3.05, 3.63) is 53.6 Å². The molecule has 1 N–H and O–H groups in total. The van der Waals surface area contributed by atoms with Gasteiger partial charge in [0.05, 0.1) is 12.7 Å². The van der Waals surface area contributed by atoms with Crippen molar-refractivity contribution in [2.45, 2.75) is 0 Å². The molecule has 2 aromatic carbocycles. The number of hydrogen-bond acceptors (Lipinski definition) is 2. The van der Waals surface area contributed by atoms with Crippen LogP contribution < -0.4 is 4.74 Å². The molecule has 98 valence electrons. The number of carboxylic acid groups (broad SMARTS) is 1. The molecule has 0 spiro atoms. The highest BCUT2D eigenvalue weighted by Crippen LogP contribution is 2.30. The summed E-state index contributed by atoms with van der Waals surface area (Å²) in [5.41, 5.74) is -0.144. The Morgan fingerprint density at radius 1 is 1.16 bits per heavy atom. The molecule has 19 heavy (non-hydrogen) atoms. The van der Waals surface area contributed by atoms with E-state index in [0.29, 0.717) is 5.75 Å². The molecule has 0 fully saturated rings. The molecular formula is C14H10F2O3. The van der Waals surface area contributed by atoms with Crippen molar-refractivity contribution in [3.63, 3.8) is 0 Å². The molecule has 3 nitrogen and oxygen atoms in total. The lowest BCUT2D eigenvalue weighted by Gasteiger charge is -2.09. The van der Waals surface area contributed by atoms with Gasteiger partial charge < -0.3 is 9.84 Å². The number of carbonyl (C=O) groups is 1. The molecule has 0 unspecified atom stereocenters. The Bertz CT molecular complexity index is 639. The molecule has 0 radical (unpaired) electrons. The minimum Gasteiger partial charge on any atom is -0.497 e. The number of aromatic carboxylic acids is 1. The number of benzene rings is 2. The minimum absolute atomic E-state index is 0.0972. The van der Waals surface area contributed by atoms with Crippen molar-refractivity contribution in [2.24, 2.45) is 0 Å². The first-order valence-electron chi connectivity index (χ1n) is 5.40. The van der Waals surface area contributed by atoms with Crippen molar-refractivity contribution in [2.75, 3.05) is 7.11 Å². The van der Waals surface area contributed by atoms with Gasteiger partial charge in [0.1, 0.15) is 5.75 Å². The van der Waals surface area contributed by atoms with Crippen LogP contribution in [0.15, 0.2) is 36.4 Å². The third kappa shape index (κ3) is 2.40. The number of hydrogen-bond donors (Lipinski definition) is 1. The Morgan fingerprint density at radius 3 is 2.53 bits per heavy atom. The van der Waals surface area contributed by atoms with Crippen LogP contribution in [-0.4, -0.2) is 18.2 Å². The van der Waals surface area contributed by atoms with E-state index < -0.39 is 17.6 Å². The van der Waals surface area contributed by atoms with Crippen LogP contribution in [0.5, 0.6) is 5.75 Å². The highest BCUT2D eigenvalue weighted by atomic mass is 19.2. The van der Waals surface area contributed by atoms with Gasteiger partial charge in [-0.1, -0.05) is 12.1 Å². The molecule has 0 atom stereocenters. The van der Waals surface area contributed by atoms with E-state index in [-0.39, 0.29) is 16.7 Å². The molecule has 0 aromatic heterocycles. The molecule has 0 heterocycles. The second kappa shape index (κ2) is 5.06. The number of ether oxygens (including phenoxy) is 1. The van der Waals surface area contributed by atoms with Gasteiger partial charge in [-0.2, -0.15) is 0 Å². The van der Waals surface area contributed by atoms with Gasteiger partial charge in [-0.3, -0.25) is 0 Å². The van der Waals surface area contributed by atoms with Crippen LogP contribution in [-0.2, 0) is 0 Å². The molecule has 5 heteroatoms. The van der Waals surface area contributed by atoms with Crippen molar-refractivity contribution >= 4 is 5.97 Å². The molecule has 2 rings (SSSR count). The quantitative estimate of drug-likeness (QED) is 0.924. The number of halogens is 2. The van der Waals surface area contributed by atoms with Crippen LogP contribution >= 0.6 is 0 Å². The molecule has 0 aliphatic heterocycles. The highest BCUT2D eigenvalue weighted by molar-refractivity contribution is 5.96. The summed E-state index contributed by atoms with van der Waals surface area (Å²) in [6.07, 6.45) is 0. The van der Waals surface area contributed by atoms with Crippen LogP contribution in [0.3, 0.4) is 0 Å². The van der Waals surface area contributed by atoms with Gasteiger partial charge in [0, 0.05) is 5.56 Å². The van der Waals surface area contributed by atoms with E-state index in [1.807, 2.05) is 0 Å². The van der Waals surface area contributed by atoms with Gasteiger partial charge in [-0.15, -0.1) is 0 Å². The van der Waals surface area contributed by atoms with Gasteiger partial charge in [-0.05, 0) is 29.8 Å². The average molecular weight is 264 g/mol. The maximum absolute atomic E-state index is 13.7. The minimum atomic E-state index is -1.24.